The molecule has 0 bridgehead atoms. The maximum atomic E-state index is 12.0. The van der Waals surface area contributed by atoms with Gasteiger partial charge in [0.05, 0.1) is 14.2 Å². The third-order valence-electron chi connectivity index (χ3n) is 2.73. The largest absolute Gasteiger partial charge is 0.493 e. The van der Waals surface area contributed by atoms with E-state index in [4.69, 9.17) is 19.8 Å². The number of carbonyl (C=O) groups excluding carboxylic acids is 1. The molecule has 1 rings (SSSR count). The van der Waals surface area contributed by atoms with Gasteiger partial charge in [-0.2, -0.15) is 5.26 Å². The molecule has 3 N–H and O–H groups in total. The molecule has 1 amide bonds. The van der Waals surface area contributed by atoms with Crippen molar-refractivity contribution >= 4 is 11.6 Å². The molecule has 0 saturated carbocycles. The van der Waals surface area contributed by atoms with Crippen LogP contribution in [-0.4, -0.2) is 38.4 Å². The predicted molar refractivity (Wildman–Crippen MR) is 81.6 cm³/mol. The minimum atomic E-state index is -0.536. The summed E-state index contributed by atoms with van der Waals surface area (Å²) in [5.74, 6) is 0.484. The van der Waals surface area contributed by atoms with E-state index >= 15 is 0 Å². The maximum absolute atomic E-state index is 12.0. The van der Waals surface area contributed by atoms with Crippen LogP contribution in [0.3, 0.4) is 0 Å². The smallest absolute Gasteiger partial charge is 0.267 e. The van der Waals surface area contributed by atoms with E-state index in [1.54, 1.807) is 18.2 Å². The van der Waals surface area contributed by atoms with E-state index in [0.29, 0.717) is 30.2 Å². The molecule has 7 nitrogen and oxygen atoms in total. The summed E-state index contributed by atoms with van der Waals surface area (Å²) >= 11 is 0. The second-order valence-corrected chi connectivity index (χ2v) is 4.22. The molecule has 118 valence electrons. The first-order valence-corrected chi connectivity index (χ1v) is 6.64. The standard InChI is InChI=1S/C15H19N3O4/c1-21-13-5-4-12(8-14(13)22-2)18-15(20)11(9-16)10-17-6-3-7-19/h4-5,8,10,17,19H,3,6-7H2,1-2H3,(H,18,20)/b11-10-. The van der Waals surface area contributed by atoms with Crippen molar-refractivity contribution in [1.82, 2.24) is 5.32 Å². The molecule has 0 spiro atoms. The Balaban J connectivity index is 2.76. The highest BCUT2D eigenvalue weighted by molar-refractivity contribution is 6.06. The number of hydrogen-bond acceptors (Lipinski definition) is 6. The van der Waals surface area contributed by atoms with Crippen molar-refractivity contribution < 1.29 is 19.4 Å². The summed E-state index contributed by atoms with van der Waals surface area (Å²) in [4.78, 5) is 12.0. The average Bonchev–Trinajstić information content (AvgIpc) is 2.54. The van der Waals surface area contributed by atoms with E-state index in [1.165, 1.54) is 20.4 Å². The molecule has 0 aliphatic heterocycles. The highest BCUT2D eigenvalue weighted by Crippen LogP contribution is 2.29. The lowest BCUT2D eigenvalue weighted by molar-refractivity contribution is -0.112. The molecule has 0 aromatic heterocycles. The van der Waals surface area contributed by atoms with Crippen LogP contribution < -0.4 is 20.1 Å². The number of nitriles is 1. The van der Waals surface area contributed by atoms with Crippen molar-refractivity contribution in [3.8, 4) is 17.6 Å². The quantitative estimate of drug-likeness (QED) is 0.376. The molecule has 0 aliphatic carbocycles. The molecule has 0 atom stereocenters. The number of amides is 1. The van der Waals surface area contributed by atoms with Gasteiger partial charge in [0, 0.05) is 31.1 Å². The zero-order valence-corrected chi connectivity index (χ0v) is 12.5. The van der Waals surface area contributed by atoms with Gasteiger partial charge in [0.1, 0.15) is 11.6 Å². The lowest BCUT2D eigenvalue weighted by Gasteiger charge is -2.10. The van der Waals surface area contributed by atoms with Gasteiger partial charge in [-0.05, 0) is 18.6 Å². The Labute approximate surface area is 129 Å². The van der Waals surface area contributed by atoms with Crippen LogP contribution in [0.15, 0.2) is 30.0 Å². The number of nitrogens with one attached hydrogen (secondary N) is 2. The molecule has 7 heteroatoms. The Bertz CT molecular complexity index is 579. The van der Waals surface area contributed by atoms with Crippen molar-refractivity contribution in [3.63, 3.8) is 0 Å². The van der Waals surface area contributed by atoms with E-state index in [9.17, 15) is 4.79 Å². The number of rotatable bonds is 8. The van der Waals surface area contributed by atoms with Crippen LogP contribution >= 0.6 is 0 Å². The summed E-state index contributed by atoms with van der Waals surface area (Å²) in [5, 5.41) is 23.1. The Hall–Kier alpha value is -2.72. The number of anilines is 1. The lowest BCUT2D eigenvalue weighted by atomic mass is 10.2. The van der Waals surface area contributed by atoms with Gasteiger partial charge in [-0.25, -0.2) is 0 Å². The summed E-state index contributed by atoms with van der Waals surface area (Å²) in [6, 6.07) is 6.72. The number of aliphatic hydroxyl groups excluding tert-OH is 1. The number of carbonyl (C=O) groups is 1. The first-order chi connectivity index (χ1) is 10.7. The van der Waals surface area contributed by atoms with Crippen LogP contribution in [0, 0.1) is 11.3 Å². The molecule has 1 aromatic rings. The summed E-state index contributed by atoms with van der Waals surface area (Å²) in [5.41, 5.74) is 0.423. The summed E-state index contributed by atoms with van der Waals surface area (Å²) in [6.45, 7) is 0.520. The van der Waals surface area contributed by atoms with Gasteiger partial charge >= 0.3 is 0 Å². The highest BCUT2D eigenvalue weighted by Gasteiger charge is 2.11. The average molecular weight is 305 g/mol. The molecular formula is C15H19N3O4. The number of aliphatic hydroxyl groups is 1. The van der Waals surface area contributed by atoms with E-state index < -0.39 is 5.91 Å². The molecule has 0 unspecified atom stereocenters. The molecule has 0 heterocycles. The number of methoxy groups -OCH3 is 2. The highest BCUT2D eigenvalue weighted by atomic mass is 16.5. The second kappa shape index (κ2) is 9.26. The van der Waals surface area contributed by atoms with E-state index in [0.717, 1.165) is 0 Å². The Morgan fingerprint density at radius 1 is 1.36 bits per heavy atom. The number of ether oxygens (including phenoxy) is 2. The normalized spacial score (nSPS) is 10.5. The van der Waals surface area contributed by atoms with Gasteiger partial charge in [0.25, 0.3) is 5.91 Å². The summed E-state index contributed by atoms with van der Waals surface area (Å²) in [6.07, 6.45) is 1.86. The van der Waals surface area contributed by atoms with Crippen molar-refractivity contribution in [2.75, 3.05) is 32.7 Å². The summed E-state index contributed by atoms with van der Waals surface area (Å²) in [7, 11) is 3.01. The van der Waals surface area contributed by atoms with Crippen LogP contribution in [0.2, 0.25) is 0 Å². The fraction of sp³-hybridized carbons (Fsp3) is 0.333. The number of nitrogens with zero attached hydrogens (tertiary/aromatic N) is 1. The fourth-order valence-corrected chi connectivity index (χ4v) is 1.62. The second-order valence-electron chi connectivity index (χ2n) is 4.22. The number of hydrogen-bond donors (Lipinski definition) is 3. The van der Waals surface area contributed by atoms with E-state index in [2.05, 4.69) is 10.6 Å². The van der Waals surface area contributed by atoms with Crippen LogP contribution in [0.25, 0.3) is 0 Å². The van der Waals surface area contributed by atoms with Crippen molar-refractivity contribution in [2.45, 2.75) is 6.42 Å². The zero-order valence-electron chi connectivity index (χ0n) is 12.5. The Morgan fingerprint density at radius 3 is 2.68 bits per heavy atom. The molecular weight excluding hydrogens is 286 g/mol. The monoisotopic (exact) mass is 305 g/mol. The first-order valence-electron chi connectivity index (χ1n) is 6.64. The number of benzene rings is 1. The van der Waals surface area contributed by atoms with Gasteiger partial charge in [-0.1, -0.05) is 0 Å². The van der Waals surface area contributed by atoms with Gasteiger partial charge in [-0.3, -0.25) is 4.79 Å². The van der Waals surface area contributed by atoms with Crippen LogP contribution in [0.4, 0.5) is 5.69 Å². The topological polar surface area (TPSA) is 104 Å². The molecule has 1 aromatic carbocycles. The molecule has 22 heavy (non-hydrogen) atoms. The van der Waals surface area contributed by atoms with Crippen LogP contribution in [0.1, 0.15) is 6.42 Å². The van der Waals surface area contributed by atoms with E-state index in [1.807, 2.05) is 6.07 Å². The minimum Gasteiger partial charge on any atom is -0.493 e. The SMILES string of the molecule is COc1ccc(NC(=O)/C(C#N)=C\NCCCO)cc1OC. The minimum absolute atomic E-state index is 0.0422. The molecule has 0 aliphatic rings. The maximum Gasteiger partial charge on any atom is 0.267 e. The van der Waals surface area contributed by atoms with Gasteiger partial charge < -0.3 is 25.2 Å². The molecule has 0 saturated heterocycles. The summed E-state index contributed by atoms with van der Waals surface area (Å²) < 4.78 is 10.3. The zero-order chi connectivity index (χ0) is 16.4. The van der Waals surface area contributed by atoms with Gasteiger partial charge in [0.15, 0.2) is 11.5 Å². The third kappa shape index (κ3) is 5.00. The van der Waals surface area contributed by atoms with E-state index in [-0.39, 0.29) is 12.2 Å². The van der Waals surface area contributed by atoms with Crippen LogP contribution in [0.5, 0.6) is 11.5 Å². The fourth-order valence-electron chi connectivity index (χ4n) is 1.62. The van der Waals surface area contributed by atoms with Crippen molar-refractivity contribution in [3.05, 3.63) is 30.0 Å². The molecule has 0 fully saturated rings. The Kier molecular flexibility index (Phi) is 7.29. The van der Waals surface area contributed by atoms with Crippen LogP contribution in [-0.2, 0) is 4.79 Å². The third-order valence-corrected chi connectivity index (χ3v) is 2.73. The van der Waals surface area contributed by atoms with Gasteiger partial charge in [-0.15, -0.1) is 0 Å². The lowest BCUT2D eigenvalue weighted by Crippen LogP contribution is -2.17. The first kappa shape index (κ1) is 17.3. The molecule has 0 radical (unpaired) electrons. The van der Waals surface area contributed by atoms with Gasteiger partial charge in [0.2, 0.25) is 0 Å². The van der Waals surface area contributed by atoms with Crippen molar-refractivity contribution in [1.29, 1.82) is 5.26 Å². The Morgan fingerprint density at radius 2 is 2.09 bits per heavy atom. The predicted octanol–water partition coefficient (Wildman–Crippen LogP) is 1.02. The van der Waals surface area contributed by atoms with Crippen molar-refractivity contribution in [2.24, 2.45) is 0 Å².